The van der Waals surface area contributed by atoms with Gasteiger partial charge in [0.2, 0.25) is 5.91 Å². The number of amides is 2. The predicted molar refractivity (Wildman–Crippen MR) is 85.8 cm³/mol. The summed E-state index contributed by atoms with van der Waals surface area (Å²) in [7, 11) is 1.50. The minimum Gasteiger partial charge on any atom is -0.382 e. The molecule has 2 amide bonds. The molecule has 23 heavy (non-hydrogen) atoms. The Morgan fingerprint density at radius 2 is 2.09 bits per heavy atom. The van der Waals surface area contributed by atoms with Crippen LogP contribution in [0.2, 0.25) is 0 Å². The molecule has 0 saturated carbocycles. The van der Waals surface area contributed by atoms with E-state index in [-0.39, 0.29) is 12.5 Å². The van der Waals surface area contributed by atoms with Crippen LogP contribution in [-0.2, 0) is 9.53 Å². The molecule has 0 radical (unpaired) electrons. The van der Waals surface area contributed by atoms with Crippen LogP contribution in [0.15, 0.2) is 36.4 Å². The highest BCUT2D eigenvalue weighted by Gasteiger charge is 2.49. The van der Waals surface area contributed by atoms with E-state index in [1.54, 1.807) is 6.07 Å². The lowest BCUT2D eigenvalue weighted by Crippen LogP contribution is -2.58. The van der Waals surface area contributed by atoms with Crippen molar-refractivity contribution < 1.29 is 14.3 Å². The SMILES string of the molecule is COCC1(C(N)=O)CCCN1C(=O)c1ccc2ccccc2n1. The normalized spacial score (nSPS) is 20.8. The van der Waals surface area contributed by atoms with E-state index in [4.69, 9.17) is 10.5 Å². The van der Waals surface area contributed by atoms with Gasteiger partial charge in [-0.2, -0.15) is 0 Å². The van der Waals surface area contributed by atoms with Gasteiger partial charge in [0, 0.05) is 19.0 Å². The summed E-state index contributed by atoms with van der Waals surface area (Å²) in [5.74, 6) is -0.824. The molecular weight excluding hydrogens is 294 g/mol. The second-order valence-electron chi connectivity index (χ2n) is 5.78. The average Bonchev–Trinajstić information content (AvgIpc) is 2.99. The number of likely N-dealkylation sites (tertiary alicyclic amines) is 1. The number of ether oxygens (including phenoxy) is 1. The van der Waals surface area contributed by atoms with Crippen LogP contribution < -0.4 is 5.73 Å². The Morgan fingerprint density at radius 3 is 2.83 bits per heavy atom. The Kier molecular flexibility index (Phi) is 4.00. The number of hydrogen-bond acceptors (Lipinski definition) is 4. The molecule has 6 heteroatoms. The maximum absolute atomic E-state index is 12.9. The second-order valence-corrected chi connectivity index (χ2v) is 5.78. The number of nitrogens with two attached hydrogens (primary N) is 1. The number of benzene rings is 1. The molecular formula is C17H19N3O3. The number of fused-ring (bicyclic) bond motifs is 1. The van der Waals surface area contributed by atoms with Gasteiger partial charge in [-0.15, -0.1) is 0 Å². The number of nitrogens with zero attached hydrogens (tertiary/aromatic N) is 2. The van der Waals surface area contributed by atoms with Crippen LogP contribution in [-0.4, -0.2) is 47.5 Å². The smallest absolute Gasteiger partial charge is 0.273 e. The fourth-order valence-corrected chi connectivity index (χ4v) is 3.21. The largest absolute Gasteiger partial charge is 0.382 e. The van der Waals surface area contributed by atoms with E-state index in [1.807, 2.05) is 30.3 Å². The lowest BCUT2D eigenvalue weighted by atomic mass is 9.96. The van der Waals surface area contributed by atoms with Gasteiger partial charge in [0.25, 0.3) is 5.91 Å². The van der Waals surface area contributed by atoms with E-state index in [9.17, 15) is 9.59 Å². The van der Waals surface area contributed by atoms with E-state index in [2.05, 4.69) is 4.98 Å². The topological polar surface area (TPSA) is 85.5 Å². The van der Waals surface area contributed by atoms with Gasteiger partial charge >= 0.3 is 0 Å². The number of aromatic nitrogens is 1. The number of carbonyl (C=O) groups excluding carboxylic acids is 2. The molecule has 2 N–H and O–H groups in total. The quantitative estimate of drug-likeness (QED) is 0.923. The van der Waals surface area contributed by atoms with Gasteiger partial charge in [-0.25, -0.2) is 4.98 Å². The zero-order valence-electron chi connectivity index (χ0n) is 13.0. The molecule has 1 saturated heterocycles. The Labute approximate surface area is 134 Å². The predicted octanol–water partition coefficient (Wildman–Crippen LogP) is 1.34. The summed E-state index contributed by atoms with van der Waals surface area (Å²) in [6.07, 6.45) is 1.22. The highest BCUT2D eigenvalue weighted by atomic mass is 16.5. The molecule has 120 valence electrons. The van der Waals surface area contributed by atoms with Gasteiger partial charge in [0.15, 0.2) is 0 Å². The summed E-state index contributed by atoms with van der Waals surface area (Å²) in [6, 6.07) is 11.1. The van der Waals surface area contributed by atoms with Gasteiger partial charge in [-0.3, -0.25) is 9.59 Å². The third-order valence-corrected chi connectivity index (χ3v) is 4.39. The Morgan fingerprint density at radius 1 is 1.30 bits per heavy atom. The van der Waals surface area contributed by atoms with E-state index in [0.717, 1.165) is 10.9 Å². The number of carbonyl (C=O) groups is 2. The summed E-state index contributed by atoms with van der Waals surface area (Å²) in [6.45, 7) is 0.571. The van der Waals surface area contributed by atoms with Crippen molar-refractivity contribution in [2.24, 2.45) is 5.73 Å². The molecule has 0 aliphatic carbocycles. The maximum Gasteiger partial charge on any atom is 0.273 e. The third kappa shape index (κ3) is 2.55. The summed E-state index contributed by atoms with van der Waals surface area (Å²) < 4.78 is 5.16. The van der Waals surface area contributed by atoms with Crippen LogP contribution in [0.4, 0.5) is 0 Å². The first-order valence-corrected chi connectivity index (χ1v) is 7.55. The van der Waals surface area contributed by atoms with E-state index in [1.165, 1.54) is 12.0 Å². The molecule has 1 aliphatic heterocycles. The molecule has 1 fully saturated rings. The molecule has 1 aromatic heterocycles. The van der Waals surface area contributed by atoms with Gasteiger partial charge in [0.1, 0.15) is 11.2 Å². The Balaban J connectivity index is 1.98. The van der Waals surface area contributed by atoms with Crippen LogP contribution in [0.3, 0.4) is 0 Å². The highest BCUT2D eigenvalue weighted by molar-refractivity contribution is 5.99. The number of hydrogen-bond donors (Lipinski definition) is 1. The number of methoxy groups -OCH3 is 1. The molecule has 1 atom stereocenters. The van der Waals surface area contributed by atoms with Crippen LogP contribution >= 0.6 is 0 Å². The van der Waals surface area contributed by atoms with Gasteiger partial charge in [-0.1, -0.05) is 24.3 Å². The van der Waals surface area contributed by atoms with Gasteiger partial charge in [0.05, 0.1) is 12.1 Å². The van der Waals surface area contributed by atoms with Crippen molar-refractivity contribution in [3.8, 4) is 0 Å². The molecule has 2 heterocycles. The number of primary amides is 1. The fraction of sp³-hybridized carbons (Fsp3) is 0.353. The van der Waals surface area contributed by atoms with E-state index >= 15 is 0 Å². The summed E-state index contributed by atoms with van der Waals surface area (Å²) in [5.41, 5.74) is 5.55. The second kappa shape index (κ2) is 5.96. The van der Waals surface area contributed by atoms with Crippen molar-refractivity contribution in [1.82, 2.24) is 9.88 Å². The number of para-hydroxylation sites is 1. The molecule has 1 aromatic carbocycles. The van der Waals surface area contributed by atoms with E-state index < -0.39 is 11.4 Å². The molecule has 6 nitrogen and oxygen atoms in total. The lowest BCUT2D eigenvalue weighted by molar-refractivity contribution is -0.130. The fourth-order valence-electron chi connectivity index (χ4n) is 3.21. The highest BCUT2D eigenvalue weighted by Crippen LogP contribution is 2.31. The summed E-state index contributed by atoms with van der Waals surface area (Å²) in [4.78, 5) is 30.8. The summed E-state index contributed by atoms with van der Waals surface area (Å²) >= 11 is 0. The minimum absolute atomic E-state index is 0.0989. The molecule has 0 bridgehead atoms. The molecule has 1 aliphatic rings. The first-order chi connectivity index (χ1) is 11.1. The van der Waals surface area contributed by atoms with Crippen molar-refractivity contribution in [3.05, 3.63) is 42.1 Å². The maximum atomic E-state index is 12.9. The van der Waals surface area contributed by atoms with Crippen molar-refractivity contribution in [1.29, 1.82) is 0 Å². The van der Waals surface area contributed by atoms with Crippen molar-refractivity contribution in [3.63, 3.8) is 0 Å². The van der Waals surface area contributed by atoms with Crippen LogP contribution in [0.1, 0.15) is 23.3 Å². The zero-order chi connectivity index (χ0) is 16.4. The molecule has 2 aromatic rings. The molecule has 3 rings (SSSR count). The van der Waals surface area contributed by atoms with Crippen molar-refractivity contribution in [2.45, 2.75) is 18.4 Å². The van der Waals surface area contributed by atoms with Crippen molar-refractivity contribution >= 4 is 22.7 Å². The minimum atomic E-state index is -1.08. The average molecular weight is 313 g/mol. The lowest BCUT2D eigenvalue weighted by Gasteiger charge is -2.34. The first-order valence-electron chi connectivity index (χ1n) is 7.55. The van der Waals surface area contributed by atoms with Crippen LogP contribution in [0.5, 0.6) is 0 Å². The molecule has 0 spiro atoms. The Bertz CT molecular complexity index is 762. The number of rotatable bonds is 4. The van der Waals surface area contributed by atoms with Gasteiger partial charge in [-0.05, 0) is 25.0 Å². The molecule has 1 unspecified atom stereocenters. The standard InChI is InChI=1S/C17H19N3O3/c1-23-11-17(16(18)22)9-4-10-20(17)15(21)14-8-7-12-5-2-3-6-13(12)19-14/h2-3,5-8H,4,9-11H2,1H3,(H2,18,22). The zero-order valence-corrected chi connectivity index (χ0v) is 13.0. The Hall–Kier alpha value is -2.47. The van der Waals surface area contributed by atoms with Crippen molar-refractivity contribution in [2.75, 3.05) is 20.3 Å². The number of pyridine rings is 1. The summed E-state index contributed by atoms with van der Waals surface area (Å²) in [5, 5.41) is 0.962. The third-order valence-electron chi connectivity index (χ3n) is 4.39. The van der Waals surface area contributed by atoms with Crippen LogP contribution in [0, 0.1) is 0 Å². The van der Waals surface area contributed by atoms with Crippen LogP contribution in [0.25, 0.3) is 10.9 Å². The first kappa shape index (κ1) is 15.4. The van der Waals surface area contributed by atoms with E-state index in [0.29, 0.717) is 25.1 Å². The monoisotopic (exact) mass is 313 g/mol. The van der Waals surface area contributed by atoms with Gasteiger partial charge < -0.3 is 15.4 Å².